The van der Waals surface area contributed by atoms with E-state index < -0.39 is 0 Å². The molecule has 0 saturated carbocycles. The van der Waals surface area contributed by atoms with Crippen molar-refractivity contribution in [2.45, 2.75) is 6.42 Å². The minimum Gasteiger partial charge on any atom is -0.317 e. The molecule has 0 fully saturated rings. The smallest absolute Gasteiger partial charge is 0.0528 e. The van der Waals surface area contributed by atoms with E-state index >= 15 is 0 Å². The summed E-state index contributed by atoms with van der Waals surface area (Å²) in [6.07, 6.45) is 5.21. The van der Waals surface area contributed by atoms with Gasteiger partial charge in [0.2, 0.25) is 0 Å². The van der Waals surface area contributed by atoms with Crippen LogP contribution in [0.1, 0.15) is 11.1 Å². The van der Waals surface area contributed by atoms with Crippen molar-refractivity contribution in [3.8, 4) is 11.4 Å². The van der Waals surface area contributed by atoms with Gasteiger partial charge in [0.25, 0.3) is 0 Å². The lowest BCUT2D eigenvalue weighted by Crippen LogP contribution is -1.95. The summed E-state index contributed by atoms with van der Waals surface area (Å²) in [6.45, 7) is 0. The Hall–Kier alpha value is -4.04. The Morgan fingerprint density at radius 3 is 1.29 bits per heavy atom. The maximum atomic E-state index is 2.25. The molecule has 0 spiro atoms. The van der Waals surface area contributed by atoms with Crippen LogP contribution in [0.4, 0.5) is 0 Å². The molecule has 6 aromatic rings. The van der Waals surface area contributed by atoms with Crippen LogP contribution in [0.25, 0.3) is 33.2 Å². The van der Waals surface area contributed by atoms with Crippen LogP contribution in [-0.2, 0) is 6.42 Å². The molecule has 2 heteroatoms. The van der Waals surface area contributed by atoms with Gasteiger partial charge in [0, 0.05) is 23.8 Å². The highest BCUT2D eigenvalue weighted by molar-refractivity contribution is 5.82. The first-order valence-electron chi connectivity index (χ1n) is 10.7. The van der Waals surface area contributed by atoms with Crippen LogP contribution in [0.2, 0.25) is 0 Å². The van der Waals surface area contributed by atoms with Crippen molar-refractivity contribution < 1.29 is 0 Å². The largest absolute Gasteiger partial charge is 0.317 e. The van der Waals surface area contributed by atoms with Crippen LogP contribution >= 0.6 is 0 Å². The molecule has 0 aliphatic carbocycles. The summed E-state index contributed by atoms with van der Waals surface area (Å²) in [5.41, 5.74) is 7.50. The first-order chi connectivity index (χ1) is 15.3. The number of fused-ring (bicyclic) bond motifs is 2. The quantitative estimate of drug-likeness (QED) is 0.298. The molecular weight excluding hydrogens is 376 g/mol. The summed E-state index contributed by atoms with van der Waals surface area (Å²) in [4.78, 5) is 0. The monoisotopic (exact) mass is 398 g/mol. The van der Waals surface area contributed by atoms with Gasteiger partial charge in [-0.3, -0.25) is 0 Å². The van der Waals surface area contributed by atoms with Gasteiger partial charge < -0.3 is 9.13 Å². The summed E-state index contributed by atoms with van der Waals surface area (Å²) >= 11 is 0. The lowest BCUT2D eigenvalue weighted by molar-refractivity contribution is 1.10. The molecule has 0 radical (unpaired) electrons. The van der Waals surface area contributed by atoms with Gasteiger partial charge >= 0.3 is 0 Å². The fourth-order valence-electron chi connectivity index (χ4n) is 4.40. The van der Waals surface area contributed by atoms with E-state index in [0.29, 0.717) is 0 Å². The SMILES string of the molecule is c1ccc2c(c1)ccn2-c1ccc(Cc2ccc(-n3ccc4ccccc43)cc2)cc1. The number of benzene rings is 4. The third-order valence-corrected chi connectivity index (χ3v) is 6.04. The number of hydrogen-bond acceptors (Lipinski definition) is 0. The molecule has 4 aromatic carbocycles. The number of para-hydroxylation sites is 2. The molecule has 31 heavy (non-hydrogen) atoms. The minimum atomic E-state index is 0.930. The van der Waals surface area contributed by atoms with Crippen molar-refractivity contribution in [1.29, 1.82) is 0 Å². The van der Waals surface area contributed by atoms with Crippen LogP contribution in [-0.4, -0.2) is 9.13 Å². The number of hydrogen-bond donors (Lipinski definition) is 0. The summed E-state index contributed by atoms with van der Waals surface area (Å²) < 4.78 is 4.49. The summed E-state index contributed by atoms with van der Waals surface area (Å²) in [6, 6.07) is 39.1. The number of nitrogens with zero attached hydrogens (tertiary/aromatic N) is 2. The molecule has 0 unspecified atom stereocenters. The van der Waals surface area contributed by atoms with Crippen molar-refractivity contribution in [3.05, 3.63) is 133 Å². The molecule has 0 amide bonds. The Kier molecular flexibility index (Phi) is 4.21. The predicted molar refractivity (Wildman–Crippen MR) is 129 cm³/mol. The van der Waals surface area contributed by atoms with Gasteiger partial charge in [-0.1, -0.05) is 60.7 Å². The second-order valence-corrected chi connectivity index (χ2v) is 8.00. The third-order valence-electron chi connectivity index (χ3n) is 6.04. The van der Waals surface area contributed by atoms with Gasteiger partial charge in [0.1, 0.15) is 0 Å². The first kappa shape index (κ1) is 17.8. The number of rotatable bonds is 4. The Balaban J connectivity index is 1.23. The molecule has 148 valence electrons. The average molecular weight is 399 g/mol. The van der Waals surface area contributed by atoms with Gasteiger partial charge in [-0.05, 0) is 76.9 Å². The topological polar surface area (TPSA) is 9.86 Å². The fraction of sp³-hybridized carbons (Fsp3) is 0.0345. The van der Waals surface area contributed by atoms with Crippen molar-refractivity contribution in [2.24, 2.45) is 0 Å². The van der Waals surface area contributed by atoms with E-state index in [1.54, 1.807) is 0 Å². The predicted octanol–water partition coefficient (Wildman–Crippen LogP) is 7.17. The van der Waals surface area contributed by atoms with E-state index in [-0.39, 0.29) is 0 Å². The van der Waals surface area contributed by atoms with E-state index in [1.807, 2.05) is 0 Å². The van der Waals surface area contributed by atoms with Crippen molar-refractivity contribution in [3.63, 3.8) is 0 Å². The molecule has 0 aliphatic rings. The van der Waals surface area contributed by atoms with Crippen LogP contribution < -0.4 is 0 Å². The van der Waals surface area contributed by atoms with Crippen LogP contribution in [0.5, 0.6) is 0 Å². The molecule has 6 rings (SSSR count). The highest BCUT2D eigenvalue weighted by atomic mass is 15.0. The molecule has 0 saturated heterocycles. The molecule has 2 heterocycles. The Morgan fingerprint density at radius 1 is 0.419 bits per heavy atom. The first-order valence-corrected chi connectivity index (χ1v) is 10.7. The molecule has 2 nitrogen and oxygen atoms in total. The maximum Gasteiger partial charge on any atom is 0.0528 e. The fourth-order valence-corrected chi connectivity index (χ4v) is 4.40. The Morgan fingerprint density at radius 2 is 0.839 bits per heavy atom. The van der Waals surface area contributed by atoms with Crippen LogP contribution in [0.3, 0.4) is 0 Å². The van der Waals surface area contributed by atoms with Gasteiger partial charge in [-0.15, -0.1) is 0 Å². The average Bonchev–Trinajstić information content (AvgIpc) is 3.45. The third kappa shape index (κ3) is 3.23. The van der Waals surface area contributed by atoms with Gasteiger partial charge in [0.15, 0.2) is 0 Å². The zero-order valence-corrected chi connectivity index (χ0v) is 17.1. The molecular formula is C29H22N2. The zero-order chi connectivity index (χ0) is 20.6. The molecule has 0 aliphatic heterocycles. The van der Waals surface area contributed by atoms with E-state index in [9.17, 15) is 0 Å². The van der Waals surface area contributed by atoms with E-state index in [4.69, 9.17) is 0 Å². The lowest BCUT2D eigenvalue weighted by Gasteiger charge is -2.09. The number of aromatic nitrogens is 2. The highest BCUT2D eigenvalue weighted by Gasteiger charge is 2.05. The summed E-state index contributed by atoms with van der Waals surface area (Å²) in [5.74, 6) is 0. The van der Waals surface area contributed by atoms with Crippen LogP contribution in [0, 0.1) is 0 Å². The standard InChI is InChI=1S/C29H22N2/c1-3-7-28-24(5-1)17-19-30(28)26-13-9-22(10-14-26)21-23-11-15-27(16-12-23)31-20-18-25-6-2-4-8-29(25)31/h1-20H,21H2. The molecule has 0 bridgehead atoms. The maximum absolute atomic E-state index is 2.25. The molecule has 0 atom stereocenters. The van der Waals surface area contributed by atoms with Crippen molar-refractivity contribution in [2.75, 3.05) is 0 Å². The summed E-state index contributed by atoms with van der Waals surface area (Å²) in [7, 11) is 0. The Bertz CT molecular complexity index is 1370. The van der Waals surface area contributed by atoms with E-state index in [1.165, 1.54) is 44.3 Å². The zero-order valence-electron chi connectivity index (χ0n) is 17.1. The minimum absolute atomic E-state index is 0.930. The Labute approximate surface area is 181 Å². The van der Waals surface area contributed by atoms with Gasteiger partial charge in [0.05, 0.1) is 11.0 Å². The molecule has 0 N–H and O–H groups in total. The van der Waals surface area contributed by atoms with Gasteiger partial charge in [-0.2, -0.15) is 0 Å². The highest BCUT2D eigenvalue weighted by Crippen LogP contribution is 2.23. The van der Waals surface area contributed by atoms with E-state index in [2.05, 4.69) is 131 Å². The second kappa shape index (κ2) is 7.33. The van der Waals surface area contributed by atoms with Crippen LogP contribution in [0.15, 0.2) is 122 Å². The van der Waals surface area contributed by atoms with Gasteiger partial charge in [-0.25, -0.2) is 0 Å². The summed E-state index contributed by atoms with van der Waals surface area (Å²) in [5, 5.41) is 2.53. The lowest BCUT2D eigenvalue weighted by atomic mass is 10.0. The molecule has 2 aromatic heterocycles. The van der Waals surface area contributed by atoms with Crippen molar-refractivity contribution >= 4 is 21.8 Å². The second-order valence-electron chi connectivity index (χ2n) is 8.00. The van der Waals surface area contributed by atoms with Crippen molar-refractivity contribution in [1.82, 2.24) is 9.13 Å². The normalized spacial score (nSPS) is 11.4. The van der Waals surface area contributed by atoms with E-state index in [0.717, 1.165) is 6.42 Å².